The molecule has 0 aromatic carbocycles. The fourth-order valence-corrected chi connectivity index (χ4v) is 2.10. The van der Waals surface area contributed by atoms with Gasteiger partial charge in [0, 0.05) is 12.3 Å². The maximum absolute atomic E-state index is 11.4. The highest BCUT2D eigenvalue weighted by molar-refractivity contribution is 5.80. The number of hydrogen-bond acceptors (Lipinski definition) is 2. The summed E-state index contributed by atoms with van der Waals surface area (Å²) in [5.41, 5.74) is -0.525. The molecular formula is C12H22O2. The van der Waals surface area contributed by atoms with Gasteiger partial charge in [-0.25, -0.2) is 0 Å². The molecule has 0 unspecified atom stereocenters. The van der Waals surface area contributed by atoms with Crippen LogP contribution in [0.4, 0.5) is 0 Å². The van der Waals surface area contributed by atoms with Crippen molar-refractivity contribution >= 4 is 5.78 Å². The Kier molecular flexibility index (Phi) is 4.11. The van der Waals surface area contributed by atoms with E-state index < -0.39 is 5.60 Å². The predicted octanol–water partition coefficient (Wildman–Crippen LogP) is 2.69. The summed E-state index contributed by atoms with van der Waals surface area (Å²) in [5, 5.41) is 10.1. The molecule has 0 aromatic rings. The number of ketones is 1. The van der Waals surface area contributed by atoms with Crippen LogP contribution in [-0.4, -0.2) is 16.5 Å². The van der Waals surface area contributed by atoms with Gasteiger partial charge in [-0.15, -0.1) is 0 Å². The first-order valence-electron chi connectivity index (χ1n) is 5.79. The fourth-order valence-electron chi connectivity index (χ4n) is 2.10. The number of carbonyl (C=O) groups excluding carboxylic acids is 1. The highest BCUT2D eigenvalue weighted by atomic mass is 16.3. The quantitative estimate of drug-likeness (QED) is 0.754. The first-order valence-corrected chi connectivity index (χ1v) is 5.79. The molecule has 0 amide bonds. The van der Waals surface area contributed by atoms with E-state index in [1.54, 1.807) is 0 Å². The lowest BCUT2D eigenvalue weighted by molar-refractivity contribution is -0.123. The highest BCUT2D eigenvalue weighted by Crippen LogP contribution is 2.32. The molecule has 0 bridgehead atoms. The number of aliphatic hydroxyl groups is 1. The van der Waals surface area contributed by atoms with Crippen LogP contribution in [0.1, 0.15) is 58.8 Å². The Morgan fingerprint density at radius 1 is 1.29 bits per heavy atom. The summed E-state index contributed by atoms with van der Waals surface area (Å²) >= 11 is 0. The minimum atomic E-state index is -0.525. The Labute approximate surface area is 86.7 Å². The molecule has 0 atom stereocenters. The zero-order chi connectivity index (χ0) is 10.6. The van der Waals surface area contributed by atoms with Gasteiger partial charge < -0.3 is 5.11 Å². The number of rotatable bonds is 4. The lowest BCUT2D eigenvalue weighted by atomic mass is 9.81. The topological polar surface area (TPSA) is 37.3 Å². The van der Waals surface area contributed by atoms with Crippen LogP contribution < -0.4 is 0 Å². The van der Waals surface area contributed by atoms with E-state index >= 15 is 0 Å². The SMILES string of the molecule is CC(C)C(=O)CCC1(O)CCCCC1. The van der Waals surface area contributed by atoms with Gasteiger partial charge in [-0.2, -0.15) is 0 Å². The molecule has 0 aromatic heterocycles. The molecule has 14 heavy (non-hydrogen) atoms. The largest absolute Gasteiger partial charge is 0.390 e. The van der Waals surface area contributed by atoms with Crippen molar-refractivity contribution in [2.45, 2.75) is 64.4 Å². The average molecular weight is 198 g/mol. The van der Waals surface area contributed by atoms with E-state index in [0.29, 0.717) is 12.8 Å². The van der Waals surface area contributed by atoms with E-state index in [0.717, 1.165) is 25.7 Å². The smallest absolute Gasteiger partial charge is 0.135 e. The molecule has 1 N–H and O–H groups in total. The first kappa shape index (κ1) is 11.7. The van der Waals surface area contributed by atoms with Gasteiger partial charge in [-0.1, -0.05) is 33.1 Å². The van der Waals surface area contributed by atoms with Gasteiger partial charge >= 0.3 is 0 Å². The van der Waals surface area contributed by atoms with Crippen molar-refractivity contribution in [3.63, 3.8) is 0 Å². The maximum Gasteiger partial charge on any atom is 0.135 e. The molecular weight excluding hydrogens is 176 g/mol. The van der Waals surface area contributed by atoms with Crippen molar-refractivity contribution in [3.05, 3.63) is 0 Å². The Balaban J connectivity index is 2.32. The van der Waals surface area contributed by atoms with Gasteiger partial charge in [-0.3, -0.25) is 4.79 Å². The average Bonchev–Trinajstić information content (AvgIpc) is 2.15. The summed E-state index contributed by atoms with van der Waals surface area (Å²) in [5.74, 6) is 0.395. The Morgan fingerprint density at radius 2 is 1.86 bits per heavy atom. The van der Waals surface area contributed by atoms with Crippen LogP contribution in [0, 0.1) is 5.92 Å². The van der Waals surface area contributed by atoms with Crippen molar-refractivity contribution in [2.24, 2.45) is 5.92 Å². The molecule has 0 heterocycles. The second-order valence-electron chi connectivity index (χ2n) is 4.91. The number of hydrogen-bond donors (Lipinski definition) is 1. The van der Waals surface area contributed by atoms with Gasteiger partial charge in [0.1, 0.15) is 5.78 Å². The Hall–Kier alpha value is -0.370. The van der Waals surface area contributed by atoms with Crippen molar-refractivity contribution < 1.29 is 9.90 Å². The van der Waals surface area contributed by atoms with E-state index in [4.69, 9.17) is 0 Å². The van der Waals surface area contributed by atoms with Crippen LogP contribution in [0.5, 0.6) is 0 Å². The second-order valence-corrected chi connectivity index (χ2v) is 4.91. The summed E-state index contributed by atoms with van der Waals surface area (Å²) in [4.78, 5) is 11.4. The standard InChI is InChI=1S/C12H22O2/c1-10(2)11(13)6-9-12(14)7-4-3-5-8-12/h10,14H,3-9H2,1-2H3. The molecule has 0 aliphatic heterocycles. The van der Waals surface area contributed by atoms with Gasteiger partial charge in [0.2, 0.25) is 0 Å². The lowest BCUT2D eigenvalue weighted by Gasteiger charge is -2.32. The highest BCUT2D eigenvalue weighted by Gasteiger charge is 2.29. The summed E-state index contributed by atoms with van der Waals surface area (Å²) in [6.07, 6.45) is 6.47. The minimum absolute atomic E-state index is 0.113. The van der Waals surface area contributed by atoms with Crippen LogP contribution in [0.2, 0.25) is 0 Å². The monoisotopic (exact) mass is 198 g/mol. The van der Waals surface area contributed by atoms with Crippen molar-refractivity contribution in [2.75, 3.05) is 0 Å². The van der Waals surface area contributed by atoms with Gasteiger partial charge in [-0.05, 0) is 19.3 Å². The third-order valence-corrected chi connectivity index (χ3v) is 3.26. The Bertz CT molecular complexity index is 190. The van der Waals surface area contributed by atoms with Crippen LogP contribution in [-0.2, 0) is 4.79 Å². The number of carbonyl (C=O) groups is 1. The van der Waals surface area contributed by atoms with E-state index in [2.05, 4.69) is 0 Å². The van der Waals surface area contributed by atoms with Gasteiger partial charge in [0.25, 0.3) is 0 Å². The van der Waals surface area contributed by atoms with Crippen LogP contribution in [0.15, 0.2) is 0 Å². The minimum Gasteiger partial charge on any atom is -0.390 e. The predicted molar refractivity (Wildman–Crippen MR) is 57.1 cm³/mol. The van der Waals surface area contributed by atoms with Gasteiger partial charge in [0.05, 0.1) is 5.60 Å². The van der Waals surface area contributed by atoms with E-state index in [-0.39, 0.29) is 11.7 Å². The molecule has 0 radical (unpaired) electrons. The van der Waals surface area contributed by atoms with Crippen LogP contribution in [0.3, 0.4) is 0 Å². The Morgan fingerprint density at radius 3 is 2.36 bits per heavy atom. The van der Waals surface area contributed by atoms with Gasteiger partial charge in [0.15, 0.2) is 0 Å². The summed E-state index contributed by atoms with van der Waals surface area (Å²) < 4.78 is 0. The van der Waals surface area contributed by atoms with Crippen molar-refractivity contribution in [1.82, 2.24) is 0 Å². The first-order chi connectivity index (χ1) is 6.53. The molecule has 1 rings (SSSR count). The third kappa shape index (κ3) is 3.41. The summed E-state index contributed by atoms with van der Waals surface area (Å²) in [6, 6.07) is 0. The molecule has 1 aliphatic carbocycles. The molecule has 0 spiro atoms. The van der Waals surface area contributed by atoms with Crippen LogP contribution in [0.25, 0.3) is 0 Å². The molecule has 0 saturated heterocycles. The van der Waals surface area contributed by atoms with Crippen molar-refractivity contribution in [3.8, 4) is 0 Å². The van der Waals surface area contributed by atoms with Crippen molar-refractivity contribution in [1.29, 1.82) is 0 Å². The number of Topliss-reactive ketones (excluding diaryl/α,β-unsaturated/α-hetero) is 1. The molecule has 82 valence electrons. The van der Waals surface area contributed by atoms with E-state index in [1.807, 2.05) is 13.8 Å². The zero-order valence-corrected chi connectivity index (χ0v) is 9.38. The third-order valence-electron chi connectivity index (χ3n) is 3.26. The zero-order valence-electron chi connectivity index (χ0n) is 9.38. The summed E-state index contributed by atoms with van der Waals surface area (Å²) in [6.45, 7) is 3.85. The normalized spacial score (nSPS) is 21.1. The fraction of sp³-hybridized carbons (Fsp3) is 0.917. The van der Waals surface area contributed by atoms with E-state index in [1.165, 1.54) is 6.42 Å². The maximum atomic E-state index is 11.4. The molecule has 1 saturated carbocycles. The van der Waals surface area contributed by atoms with Crippen LogP contribution >= 0.6 is 0 Å². The molecule has 1 fully saturated rings. The summed E-state index contributed by atoms with van der Waals surface area (Å²) in [7, 11) is 0. The molecule has 2 nitrogen and oxygen atoms in total. The lowest BCUT2D eigenvalue weighted by Crippen LogP contribution is -2.32. The van der Waals surface area contributed by atoms with E-state index in [9.17, 15) is 9.90 Å². The second kappa shape index (κ2) is 4.92. The molecule has 2 heteroatoms. The molecule has 1 aliphatic rings.